The lowest BCUT2D eigenvalue weighted by atomic mass is 9.76. The Hall–Kier alpha value is -2.94. The van der Waals surface area contributed by atoms with Gasteiger partial charge < -0.3 is 24.5 Å². The molecule has 1 aliphatic carbocycles. The molecule has 2 aliphatic heterocycles. The topological polar surface area (TPSA) is 103 Å². The summed E-state index contributed by atoms with van der Waals surface area (Å²) in [5, 5.41) is 5.77. The molecule has 0 spiro atoms. The Morgan fingerprint density at radius 3 is 2.71 bits per heavy atom. The van der Waals surface area contributed by atoms with Gasteiger partial charge in [0.2, 0.25) is 5.89 Å². The Kier molecular flexibility index (Phi) is 9.96. The zero-order valence-electron chi connectivity index (χ0n) is 24.3. The van der Waals surface area contributed by atoms with Gasteiger partial charge in [-0.2, -0.15) is 0 Å². The lowest BCUT2D eigenvalue weighted by molar-refractivity contribution is -0.123. The van der Waals surface area contributed by atoms with Crippen molar-refractivity contribution in [2.45, 2.75) is 109 Å². The molecule has 224 valence electrons. The first-order chi connectivity index (χ1) is 19.9. The maximum atomic E-state index is 15.1. The van der Waals surface area contributed by atoms with Crippen LogP contribution in [0.2, 0.25) is 0 Å². The van der Waals surface area contributed by atoms with E-state index in [1.807, 2.05) is 13.8 Å². The lowest BCUT2D eigenvalue weighted by Crippen LogP contribution is -2.34. The number of aromatic nitrogens is 1. The van der Waals surface area contributed by atoms with Crippen LogP contribution in [-0.2, 0) is 16.0 Å². The number of fused-ring (bicyclic) bond motifs is 2. The largest absolute Gasteiger partial charge is 0.483 e. The van der Waals surface area contributed by atoms with E-state index in [0.29, 0.717) is 30.2 Å². The Balaban J connectivity index is 1.19. The molecular formula is C32H44FN3O5. The second-order valence-electron chi connectivity index (χ2n) is 12.2. The Morgan fingerprint density at radius 1 is 1.10 bits per heavy atom. The molecule has 0 radical (unpaired) electrons. The summed E-state index contributed by atoms with van der Waals surface area (Å²) in [6.45, 7) is 4.18. The van der Waals surface area contributed by atoms with E-state index < -0.39 is 0 Å². The third-order valence-corrected chi connectivity index (χ3v) is 8.84. The lowest BCUT2D eigenvalue weighted by Gasteiger charge is -2.26. The summed E-state index contributed by atoms with van der Waals surface area (Å²) >= 11 is 0. The predicted molar refractivity (Wildman–Crippen MR) is 152 cm³/mol. The van der Waals surface area contributed by atoms with Crippen LogP contribution in [0.5, 0.6) is 5.75 Å². The zero-order chi connectivity index (χ0) is 28.8. The molecule has 1 aromatic heterocycles. The molecule has 0 unspecified atom stereocenters. The third kappa shape index (κ3) is 7.48. The molecule has 2 saturated heterocycles. The van der Waals surface area contributed by atoms with E-state index in [2.05, 4.69) is 15.6 Å². The van der Waals surface area contributed by atoms with Crippen molar-refractivity contribution in [2.75, 3.05) is 13.2 Å². The van der Waals surface area contributed by atoms with E-state index >= 15 is 4.39 Å². The minimum atomic E-state index is -0.385. The van der Waals surface area contributed by atoms with Gasteiger partial charge in [0.05, 0.1) is 18.1 Å². The number of carbonyl (C=O) groups is 2. The number of carbonyl (C=O) groups excluding carboxylic acids is 2. The van der Waals surface area contributed by atoms with E-state index in [1.165, 1.54) is 50.9 Å². The van der Waals surface area contributed by atoms with E-state index in [-0.39, 0.29) is 60.0 Å². The molecule has 4 atom stereocenters. The number of rotatable bonds is 13. The first-order valence-corrected chi connectivity index (χ1v) is 15.5. The van der Waals surface area contributed by atoms with Gasteiger partial charge in [-0.1, -0.05) is 51.0 Å². The van der Waals surface area contributed by atoms with E-state index in [0.717, 1.165) is 31.6 Å². The maximum Gasteiger partial charge on any atom is 0.273 e. The number of nitrogens with one attached hydrogen (secondary N) is 2. The highest BCUT2D eigenvalue weighted by Crippen LogP contribution is 2.50. The average Bonchev–Trinajstić information content (AvgIpc) is 3.70. The normalized spacial score (nSPS) is 24.1. The fourth-order valence-electron chi connectivity index (χ4n) is 6.86. The fraction of sp³-hybridized carbons (Fsp3) is 0.656. The van der Waals surface area contributed by atoms with Crippen LogP contribution < -0.4 is 15.4 Å². The summed E-state index contributed by atoms with van der Waals surface area (Å²) < 4.78 is 32.9. The SMILES string of the molecule is CC(C)NC(=O)COc1cccc(F)c1C[C@@H]1[C@H](c2nc(C(=O)NCCCCC3CCCCC3)co2)[C@H]2CC[C@@H]1O2. The number of halogens is 1. The zero-order valence-corrected chi connectivity index (χ0v) is 24.3. The van der Waals surface area contributed by atoms with Crippen LogP contribution in [0.15, 0.2) is 28.9 Å². The van der Waals surface area contributed by atoms with Crippen LogP contribution in [-0.4, -0.2) is 48.2 Å². The minimum absolute atomic E-state index is 0.0102. The number of benzene rings is 1. The Morgan fingerprint density at radius 2 is 1.90 bits per heavy atom. The molecule has 3 aliphatic rings. The third-order valence-electron chi connectivity index (χ3n) is 8.84. The highest BCUT2D eigenvalue weighted by atomic mass is 19.1. The van der Waals surface area contributed by atoms with Crippen molar-refractivity contribution in [3.05, 3.63) is 47.4 Å². The molecule has 3 heterocycles. The number of unbranched alkanes of at least 4 members (excludes halogenated alkanes) is 1. The first-order valence-electron chi connectivity index (χ1n) is 15.5. The number of amides is 2. The average molecular weight is 570 g/mol. The molecule has 5 rings (SSSR count). The Bertz CT molecular complexity index is 1180. The van der Waals surface area contributed by atoms with Gasteiger partial charge in [0.25, 0.3) is 11.8 Å². The number of ether oxygens (including phenoxy) is 2. The second kappa shape index (κ2) is 13.8. The van der Waals surface area contributed by atoms with Gasteiger partial charge in [-0.15, -0.1) is 0 Å². The standard InChI is InChI=1S/C32H44FN3O5/c1-20(2)35-29(37)19-39-26-13-8-12-24(33)22(26)17-23-27-14-15-28(41-27)30(23)32-36-25(18-40-32)31(38)34-16-7-6-11-21-9-4-3-5-10-21/h8,12-13,18,20-21,23,27-28,30H,3-7,9-11,14-17,19H2,1-2H3,(H,34,38)(H,35,37)/t23-,27-,28+,30-/m0/s1. The predicted octanol–water partition coefficient (Wildman–Crippen LogP) is 5.70. The molecule has 1 saturated carbocycles. The van der Waals surface area contributed by atoms with Crippen molar-refractivity contribution in [3.63, 3.8) is 0 Å². The van der Waals surface area contributed by atoms with Crippen LogP contribution in [0.4, 0.5) is 4.39 Å². The highest BCUT2D eigenvalue weighted by molar-refractivity contribution is 5.91. The number of nitrogens with zero attached hydrogens (tertiary/aromatic N) is 1. The molecule has 2 aromatic rings. The fourth-order valence-corrected chi connectivity index (χ4v) is 6.86. The molecule has 2 amide bonds. The van der Waals surface area contributed by atoms with Gasteiger partial charge >= 0.3 is 0 Å². The molecular weight excluding hydrogens is 525 g/mol. The van der Waals surface area contributed by atoms with Crippen molar-refractivity contribution in [2.24, 2.45) is 11.8 Å². The van der Waals surface area contributed by atoms with Crippen molar-refractivity contribution in [3.8, 4) is 5.75 Å². The number of hydrogen-bond acceptors (Lipinski definition) is 6. The molecule has 41 heavy (non-hydrogen) atoms. The van der Waals surface area contributed by atoms with Crippen LogP contribution in [0.3, 0.4) is 0 Å². The first kappa shape index (κ1) is 29.5. The van der Waals surface area contributed by atoms with Gasteiger partial charge in [-0.25, -0.2) is 9.37 Å². The van der Waals surface area contributed by atoms with Gasteiger partial charge in [-0.05, 0) is 57.6 Å². The summed E-state index contributed by atoms with van der Waals surface area (Å²) in [4.78, 5) is 29.5. The molecule has 3 fully saturated rings. The second-order valence-corrected chi connectivity index (χ2v) is 12.2. The van der Waals surface area contributed by atoms with E-state index in [9.17, 15) is 9.59 Å². The van der Waals surface area contributed by atoms with E-state index in [4.69, 9.17) is 13.9 Å². The van der Waals surface area contributed by atoms with Gasteiger partial charge in [0.1, 0.15) is 17.8 Å². The number of hydrogen-bond donors (Lipinski definition) is 2. The van der Waals surface area contributed by atoms with Crippen molar-refractivity contribution < 1.29 is 27.9 Å². The van der Waals surface area contributed by atoms with Crippen LogP contribution in [0.1, 0.15) is 106 Å². The summed E-state index contributed by atoms with van der Waals surface area (Å²) in [6.07, 6.45) is 13.5. The van der Waals surface area contributed by atoms with Crippen LogP contribution >= 0.6 is 0 Å². The Labute approximate surface area is 242 Å². The monoisotopic (exact) mass is 569 g/mol. The molecule has 8 nitrogen and oxygen atoms in total. The van der Waals surface area contributed by atoms with Crippen molar-refractivity contribution in [1.29, 1.82) is 0 Å². The minimum Gasteiger partial charge on any atom is -0.483 e. The molecule has 2 N–H and O–H groups in total. The molecule has 2 bridgehead atoms. The maximum absolute atomic E-state index is 15.1. The summed E-state index contributed by atoms with van der Waals surface area (Å²) in [5.41, 5.74) is 0.675. The van der Waals surface area contributed by atoms with Gasteiger partial charge in [0, 0.05) is 24.1 Å². The summed E-state index contributed by atoms with van der Waals surface area (Å²) in [7, 11) is 0. The quantitative estimate of drug-likeness (QED) is 0.300. The summed E-state index contributed by atoms with van der Waals surface area (Å²) in [6, 6.07) is 4.66. The number of oxazole rings is 1. The summed E-state index contributed by atoms with van der Waals surface area (Å²) in [5.74, 6) is 0.500. The highest BCUT2D eigenvalue weighted by Gasteiger charge is 2.52. The van der Waals surface area contributed by atoms with Crippen molar-refractivity contribution in [1.82, 2.24) is 15.6 Å². The van der Waals surface area contributed by atoms with Crippen LogP contribution in [0, 0.1) is 17.7 Å². The van der Waals surface area contributed by atoms with Crippen molar-refractivity contribution >= 4 is 11.8 Å². The molecule has 9 heteroatoms. The smallest absolute Gasteiger partial charge is 0.273 e. The van der Waals surface area contributed by atoms with E-state index in [1.54, 1.807) is 12.1 Å². The van der Waals surface area contributed by atoms with Crippen LogP contribution in [0.25, 0.3) is 0 Å². The molecule has 1 aromatic carbocycles. The van der Waals surface area contributed by atoms with Gasteiger partial charge in [-0.3, -0.25) is 9.59 Å². The van der Waals surface area contributed by atoms with Gasteiger partial charge in [0.15, 0.2) is 12.3 Å².